The zero-order valence-corrected chi connectivity index (χ0v) is 13.0. The number of halogens is 1. The molecule has 114 valence electrons. The Kier molecular flexibility index (Phi) is 7.29. The summed E-state index contributed by atoms with van der Waals surface area (Å²) in [6, 6.07) is 6.59. The van der Waals surface area contributed by atoms with Crippen molar-refractivity contribution < 1.29 is 13.5 Å². The molecule has 1 aromatic rings. The van der Waals surface area contributed by atoms with Crippen molar-refractivity contribution in [1.82, 2.24) is 4.72 Å². The molecule has 0 amide bonds. The largest absolute Gasteiger partial charge is 0.390 e. The van der Waals surface area contributed by atoms with E-state index in [1.807, 2.05) is 6.92 Å². The smallest absolute Gasteiger partial charge is 0.242 e. The maximum Gasteiger partial charge on any atom is 0.242 e. The van der Waals surface area contributed by atoms with Crippen LogP contribution in [0.15, 0.2) is 29.2 Å². The number of alkyl halides is 1. The van der Waals surface area contributed by atoms with Crippen molar-refractivity contribution >= 4 is 27.3 Å². The van der Waals surface area contributed by atoms with E-state index < -0.39 is 16.1 Å². The summed E-state index contributed by atoms with van der Waals surface area (Å²) in [7, 11) is -3.54. The Morgan fingerprint density at radius 1 is 1.35 bits per heavy atom. The first-order valence-corrected chi connectivity index (χ1v) is 8.59. The van der Waals surface area contributed by atoms with E-state index in [9.17, 15) is 13.5 Å². The van der Waals surface area contributed by atoms with Gasteiger partial charge in [0.25, 0.3) is 0 Å². The molecular formula is C13H21ClN2O3S. The molecule has 0 aliphatic heterocycles. The van der Waals surface area contributed by atoms with Crippen molar-refractivity contribution in [3.63, 3.8) is 0 Å². The molecule has 0 saturated carbocycles. The maximum atomic E-state index is 12.2. The van der Waals surface area contributed by atoms with Gasteiger partial charge in [-0.15, -0.1) is 11.6 Å². The highest BCUT2D eigenvalue weighted by molar-refractivity contribution is 7.89. The van der Waals surface area contributed by atoms with Crippen LogP contribution in [0.1, 0.15) is 19.8 Å². The number of sulfonamides is 1. The van der Waals surface area contributed by atoms with E-state index in [4.69, 9.17) is 11.6 Å². The summed E-state index contributed by atoms with van der Waals surface area (Å²) in [5.74, 6) is 0.0939. The van der Waals surface area contributed by atoms with Crippen LogP contribution in [-0.4, -0.2) is 38.6 Å². The molecular weight excluding hydrogens is 300 g/mol. The molecule has 20 heavy (non-hydrogen) atoms. The van der Waals surface area contributed by atoms with Crippen LogP contribution >= 0.6 is 11.6 Å². The first-order chi connectivity index (χ1) is 9.51. The molecule has 1 atom stereocenters. The van der Waals surface area contributed by atoms with Crippen molar-refractivity contribution in [2.24, 2.45) is 0 Å². The molecule has 3 N–H and O–H groups in total. The van der Waals surface area contributed by atoms with Gasteiger partial charge in [-0.25, -0.2) is 13.1 Å². The molecule has 0 aliphatic rings. The molecule has 0 bridgehead atoms. The van der Waals surface area contributed by atoms with Crippen LogP contribution in [0.4, 0.5) is 5.69 Å². The van der Waals surface area contributed by atoms with Crippen molar-refractivity contribution in [2.45, 2.75) is 30.8 Å². The zero-order chi connectivity index (χ0) is 15.0. The lowest BCUT2D eigenvalue weighted by molar-refractivity contribution is 0.211. The normalized spacial score (nSPS) is 13.2. The Bertz CT molecular complexity index is 508. The molecule has 0 saturated heterocycles. The second kappa shape index (κ2) is 8.46. The highest BCUT2D eigenvalue weighted by Crippen LogP contribution is 2.20. The number of hydrogen-bond acceptors (Lipinski definition) is 4. The molecule has 0 spiro atoms. The van der Waals surface area contributed by atoms with Gasteiger partial charge >= 0.3 is 0 Å². The number of anilines is 1. The van der Waals surface area contributed by atoms with Crippen LogP contribution in [0.2, 0.25) is 0 Å². The average molecular weight is 321 g/mol. The van der Waals surface area contributed by atoms with Crippen LogP contribution < -0.4 is 10.0 Å². The predicted molar refractivity (Wildman–Crippen MR) is 81.8 cm³/mol. The van der Waals surface area contributed by atoms with E-state index >= 15 is 0 Å². The summed E-state index contributed by atoms with van der Waals surface area (Å²) in [5, 5.41) is 12.3. The Balaban J connectivity index is 2.83. The number of para-hydroxylation sites is 1. The number of rotatable bonds is 9. The highest BCUT2D eigenvalue weighted by atomic mass is 35.5. The maximum absolute atomic E-state index is 12.2. The SMILES string of the molecule is CCCCNS(=O)(=O)c1ccccc1NCC(O)CCl. The lowest BCUT2D eigenvalue weighted by Crippen LogP contribution is -2.27. The molecule has 5 nitrogen and oxygen atoms in total. The third-order valence-electron chi connectivity index (χ3n) is 2.71. The van der Waals surface area contributed by atoms with E-state index in [0.717, 1.165) is 12.8 Å². The van der Waals surface area contributed by atoms with E-state index in [0.29, 0.717) is 12.2 Å². The lowest BCUT2D eigenvalue weighted by atomic mass is 10.3. The topological polar surface area (TPSA) is 78.4 Å². The number of hydrogen-bond donors (Lipinski definition) is 3. The fourth-order valence-electron chi connectivity index (χ4n) is 1.59. The number of aliphatic hydroxyl groups excluding tert-OH is 1. The molecule has 0 aliphatic carbocycles. The fourth-order valence-corrected chi connectivity index (χ4v) is 2.96. The third kappa shape index (κ3) is 5.28. The number of unbranched alkanes of at least 4 members (excludes halogenated alkanes) is 1. The van der Waals surface area contributed by atoms with Gasteiger partial charge in [-0.2, -0.15) is 0 Å². The van der Waals surface area contributed by atoms with E-state index in [1.165, 1.54) is 6.07 Å². The zero-order valence-electron chi connectivity index (χ0n) is 11.5. The number of nitrogens with one attached hydrogen (secondary N) is 2. The van der Waals surface area contributed by atoms with Crippen LogP contribution in [-0.2, 0) is 10.0 Å². The van der Waals surface area contributed by atoms with Crippen LogP contribution in [0.3, 0.4) is 0 Å². The monoisotopic (exact) mass is 320 g/mol. The third-order valence-corrected chi connectivity index (χ3v) is 4.58. The Morgan fingerprint density at radius 2 is 2.05 bits per heavy atom. The van der Waals surface area contributed by atoms with Crippen LogP contribution in [0, 0.1) is 0 Å². The van der Waals surface area contributed by atoms with Gasteiger partial charge in [-0.3, -0.25) is 0 Å². The van der Waals surface area contributed by atoms with Crippen LogP contribution in [0.5, 0.6) is 0 Å². The van der Waals surface area contributed by atoms with Gasteiger partial charge in [-0.05, 0) is 18.6 Å². The molecule has 1 unspecified atom stereocenters. The minimum absolute atomic E-state index is 0.0939. The molecule has 0 heterocycles. The predicted octanol–water partition coefficient (Wildman–Crippen LogP) is 1.78. The molecule has 1 rings (SSSR count). The second-order valence-corrected chi connectivity index (χ2v) is 6.48. The van der Waals surface area contributed by atoms with Crippen molar-refractivity contribution in [3.8, 4) is 0 Å². The van der Waals surface area contributed by atoms with E-state index in [2.05, 4.69) is 10.0 Å². The summed E-state index contributed by atoms with van der Waals surface area (Å²) in [6.45, 7) is 2.61. The average Bonchev–Trinajstić information content (AvgIpc) is 2.45. The first kappa shape index (κ1) is 17.2. The number of aliphatic hydroxyl groups is 1. The highest BCUT2D eigenvalue weighted by Gasteiger charge is 2.17. The van der Waals surface area contributed by atoms with Crippen LogP contribution in [0.25, 0.3) is 0 Å². The Morgan fingerprint density at radius 3 is 2.70 bits per heavy atom. The molecule has 1 aromatic carbocycles. The second-order valence-electron chi connectivity index (χ2n) is 4.44. The minimum atomic E-state index is -3.54. The number of benzene rings is 1. The summed E-state index contributed by atoms with van der Waals surface area (Å²) >= 11 is 5.51. The minimum Gasteiger partial charge on any atom is -0.390 e. The van der Waals surface area contributed by atoms with Gasteiger partial charge in [0, 0.05) is 13.1 Å². The summed E-state index contributed by atoms with van der Waals surface area (Å²) < 4.78 is 27.0. The van der Waals surface area contributed by atoms with Gasteiger partial charge in [0.1, 0.15) is 4.90 Å². The molecule has 0 radical (unpaired) electrons. The first-order valence-electron chi connectivity index (χ1n) is 6.58. The summed E-state index contributed by atoms with van der Waals surface area (Å²) in [4.78, 5) is 0.179. The Hall–Kier alpha value is -0.820. The van der Waals surface area contributed by atoms with E-state index in [-0.39, 0.29) is 17.3 Å². The van der Waals surface area contributed by atoms with Crippen molar-refractivity contribution in [1.29, 1.82) is 0 Å². The fraction of sp³-hybridized carbons (Fsp3) is 0.538. The van der Waals surface area contributed by atoms with Gasteiger partial charge in [0.2, 0.25) is 10.0 Å². The standard InChI is InChI=1S/C13H21ClN2O3S/c1-2-3-8-16-20(18,19)13-7-5-4-6-12(13)15-10-11(17)9-14/h4-7,11,15-17H,2-3,8-10H2,1H3. The molecule has 0 fully saturated rings. The van der Waals surface area contributed by atoms with Crippen molar-refractivity contribution in [2.75, 3.05) is 24.3 Å². The van der Waals surface area contributed by atoms with Gasteiger partial charge < -0.3 is 10.4 Å². The van der Waals surface area contributed by atoms with Gasteiger partial charge in [0.15, 0.2) is 0 Å². The molecule has 0 aromatic heterocycles. The van der Waals surface area contributed by atoms with Crippen molar-refractivity contribution in [3.05, 3.63) is 24.3 Å². The van der Waals surface area contributed by atoms with Gasteiger partial charge in [-0.1, -0.05) is 25.5 Å². The summed E-state index contributed by atoms with van der Waals surface area (Å²) in [5.41, 5.74) is 0.459. The van der Waals surface area contributed by atoms with E-state index in [1.54, 1.807) is 18.2 Å². The Labute approximate surface area is 125 Å². The van der Waals surface area contributed by atoms with Gasteiger partial charge in [0.05, 0.1) is 17.7 Å². The lowest BCUT2D eigenvalue weighted by Gasteiger charge is -2.14. The molecule has 7 heteroatoms. The quantitative estimate of drug-likeness (QED) is 0.479. The summed E-state index contributed by atoms with van der Waals surface area (Å²) in [6.07, 6.45) is 0.991.